The smallest absolute Gasteiger partial charge is 0.100 e. The summed E-state index contributed by atoms with van der Waals surface area (Å²) in [6, 6.07) is 7.34. The molecule has 1 nitrogen and oxygen atoms in total. The molecule has 0 bridgehead atoms. The maximum absolute atomic E-state index is 10.1. The van der Waals surface area contributed by atoms with Gasteiger partial charge in [-0.1, -0.05) is 42.0 Å². The second-order valence-electron chi connectivity index (χ2n) is 3.64. The van der Waals surface area contributed by atoms with Gasteiger partial charge >= 0.3 is 0 Å². The van der Waals surface area contributed by atoms with Crippen LogP contribution in [0.1, 0.15) is 24.5 Å². The fourth-order valence-corrected chi connectivity index (χ4v) is 1.83. The molecule has 1 aliphatic rings. The van der Waals surface area contributed by atoms with Gasteiger partial charge in [-0.3, -0.25) is 0 Å². The number of hydrogen-bond acceptors (Lipinski definition) is 1. The van der Waals surface area contributed by atoms with E-state index in [2.05, 4.69) is 18.2 Å². The Morgan fingerprint density at radius 1 is 1.13 bits per heavy atom. The highest BCUT2D eigenvalue weighted by Crippen LogP contribution is 2.27. The maximum atomic E-state index is 10.1. The Bertz CT molecular complexity index is 390. The van der Waals surface area contributed by atoms with Crippen molar-refractivity contribution < 1.29 is 5.11 Å². The van der Waals surface area contributed by atoms with Crippen LogP contribution >= 0.6 is 11.6 Å². The molecule has 0 spiro atoms. The van der Waals surface area contributed by atoms with Crippen LogP contribution in [0.25, 0.3) is 0 Å². The molecule has 1 unspecified atom stereocenters. The number of allylic oxidation sites excluding steroid dienone is 3. The first-order valence-electron chi connectivity index (χ1n) is 5.05. The molecule has 2 rings (SSSR count). The van der Waals surface area contributed by atoms with Crippen molar-refractivity contribution in [2.24, 2.45) is 0 Å². The monoisotopic (exact) mass is 220 g/mol. The highest BCUT2D eigenvalue weighted by Gasteiger charge is 2.12. The SMILES string of the molecule is OC(C1=CCC=CC1)c1ccc(Cl)cc1. The van der Waals surface area contributed by atoms with Gasteiger partial charge in [0, 0.05) is 5.02 Å². The quantitative estimate of drug-likeness (QED) is 0.755. The van der Waals surface area contributed by atoms with Crippen molar-refractivity contribution in [1.29, 1.82) is 0 Å². The molecule has 0 aliphatic heterocycles. The van der Waals surface area contributed by atoms with Gasteiger partial charge in [0.15, 0.2) is 0 Å². The summed E-state index contributed by atoms with van der Waals surface area (Å²) >= 11 is 5.79. The predicted molar refractivity (Wildman–Crippen MR) is 62.9 cm³/mol. The zero-order valence-electron chi connectivity index (χ0n) is 8.36. The Hall–Kier alpha value is -1.05. The summed E-state index contributed by atoms with van der Waals surface area (Å²) < 4.78 is 0. The van der Waals surface area contributed by atoms with E-state index in [0.29, 0.717) is 5.02 Å². The standard InChI is InChI=1S/C13H13ClO/c14-12-8-6-11(7-9-12)13(15)10-4-2-1-3-5-10/h1-2,5-9,13,15H,3-4H2. The Kier molecular flexibility index (Phi) is 3.24. The lowest BCUT2D eigenvalue weighted by molar-refractivity contribution is 0.212. The summed E-state index contributed by atoms with van der Waals surface area (Å²) in [6.07, 6.45) is 7.54. The van der Waals surface area contributed by atoms with Crippen LogP contribution < -0.4 is 0 Å². The molecule has 0 saturated heterocycles. The van der Waals surface area contributed by atoms with Crippen LogP contribution in [0.15, 0.2) is 48.1 Å². The predicted octanol–water partition coefficient (Wildman–Crippen LogP) is 3.65. The molecule has 1 aromatic rings. The molecule has 0 radical (unpaired) electrons. The molecular formula is C13H13ClO. The van der Waals surface area contributed by atoms with E-state index in [-0.39, 0.29) is 0 Å². The van der Waals surface area contributed by atoms with Crippen molar-refractivity contribution in [3.63, 3.8) is 0 Å². The Morgan fingerprint density at radius 3 is 2.47 bits per heavy atom. The summed E-state index contributed by atoms with van der Waals surface area (Å²) in [5.41, 5.74) is 1.97. The van der Waals surface area contributed by atoms with Crippen LogP contribution in [0.3, 0.4) is 0 Å². The highest BCUT2D eigenvalue weighted by molar-refractivity contribution is 6.30. The zero-order valence-corrected chi connectivity index (χ0v) is 9.11. The maximum Gasteiger partial charge on any atom is 0.100 e. The van der Waals surface area contributed by atoms with Gasteiger partial charge in [-0.15, -0.1) is 0 Å². The molecule has 78 valence electrons. The lowest BCUT2D eigenvalue weighted by Crippen LogP contribution is -2.02. The molecule has 0 amide bonds. The van der Waals surface area contributed by atoms with E-state index in [1.165, 1.54) is 0 Å². The number of aliphatic hydroxyl groups excluding tert-OH is 1. The molecule has 0 aromatic heterocycles. The Morgan fingerprint density at radius 2 is 1.87 bits per heavy atom. The fourth-order valence-electron chi connectivity index (χ4n) is 1.70. The number of aliphatic hydroxyl groups is 1. The lowest BCUT2D eigenvalue weighted by atomic mass is 9.95. The zero-order chi connectivity index (χ0) is 10.7. The molecule has 1 N–H and O–H groups in total. The van der Waals surface area contributed by atoms with Gasteiger partial charge in [0.05, 0.1) is 0 Å². The fraction of sp³-hybridized carbons (Fsp3) is 0.231. The molecule has 2 heteroatoms. The minimum Gasteiger partial charge on any atom is -0.384 e. The van der Waals surface area contributed by atoms with E-state index in [0.717, 1.165) is 24.0 Å². The summed E-state index contributed by atoms with van der Waals surface area (Å²) in [6.45, 7) is 0. The molecule has 0 heterocycles. The van der Waals surface area contributed by atoms with Gasteiger partial charge in [-0.2, -0.15) is 0 Å². The largest absolute Gasteiger partial charge is 0.384 e. The first kappa shape index (κ1) is 10.5. The second kappa shape index (κ2) is 4.65. The molecule has 15 heavy (non-hydrogen) atoms. The van der Waals surface area contributed by atoms with Crippen molar-refractivity contribution in [3.8, 4) is 0 Å². The van der Waals surface area contributed by atoms with Crippen LogP contribution in [0.2, 0.25) is 5.02 Å². The molecule has 0 fully saturated rings. The summed E-state index contributed by atoms with van der Waals surface area (Å²) in [7, 11) is 0. The average Bonchev–Trinajstić information content (AvgIpc) is 2.30. The summed E-state index contributed by atoms with van der Waals surface area (Å²) in [5.74, 6) is 0. The van der Waals surface area contributed by atoms with E-state index in [1.54, 1.807) is 12.1 Å². The van der Waals surface area contributed by atoms with Crippen LogP contribution in [0.5, 0.6) is 0 Å². The molecule has 0 saturated carbocycles. The van der Waals surface area contributed by atoms with E-state index in [1.807, 2.05) is 12.1 Å². The van der Waals surface area contributed by atoms with E-state index in [9.17, 15) is 5.11 Å². The van der Waals surface area contributed by atoms with E-state index in [4.69, 9.17) is 11.6 Å². The van der Waals surface area contributed by atoms with Crippen LogP contribution in [-0.4, -0.2) is 5.11 Å². The first-order valence-corrected chi connectivity index (χ1v) is 5.42. The van der Waals surface area contributed by atoms with Gasteiger partial charge in [-0.05, 0) is 36.1 Å². The van der Waals surface area contributed by atoms with Crippen molar-refractivity contribution >= 4 is 11.6 Å². The molecule has 1 atom stereocenters. The van der Waals surface area contributed by atoms with Gasteiger partial charge < -0.3 is 5.11 Å². The third-order valence-corrected chi connectivity index (χ3v) is 2.83. The van der Waals surface area contributed by atoms with Crippen LogP contribution in [0.4, 0.5) is 0 Å². The van der Waals surface area contributed by atoms with Crippen molar-refractivity contribution in [2.45, 2.75) is 18.9 Å². The molecule has 1 aromatic carbocycles. The van der Waals surface area contributed by atoms with Crippen molar-refractivity contribution in [2.75, 3.05) is 0 Å². The topological polar surface area (TPSA) is 20.2 Å². The minimum atomic E-state index is -0.493. The minimum absolute atomic E-state index is 0.493. The lowest BCUT2D eigenvalue weighted by Gasteiger charge is -2.16. The number of rotatable bonds is 2. The number of hydrogen-bond donors (Lipinski definition) is 1. The number of halogens is 1. The van der Waals surface area contributed by atoms with Gasteiger partial charge in [0.1, 0.15) is 6.10 Å². The van der Waals surface area contributed by atoms with Crippen molar-refractivity contribution in [3.05, 3.63) is 58.7 Å². The Labute approximate surface area is 94.7 Å². The molecular weight excluding hydrogens is 208 g/mol. The Balaban J connectivity index is 2.16. The first-order chi connectivity index (χ1) is 7.27. The highest BCUT2D eigenvalue weighted by atomic mass is 35.5. The summed E-state index contributed by atoms with van der Waals surface area (Å²) in [5, 5.41) is 10.8. The summed E-state index contributed by atoms with van der Waals surface area (Å²) in [4.78, 5) is 0. The average molecular weight is 221 g/mol. The van der Waals surface area contributed by atoms with Gasteiger partial charge in [-0.25, -0.2) is 0 Å². The molecule has 1 aliphatic carbocycles. The van der Waals surface area contributed by atoms with Crippen LogP contribution in [0, 0.1) is 0 Å². The van der Waals surface area contributed by atoms with Crippen molar-refractivity contribution in [1.82, 2.24) is 0 Å². The normalized spacial score (nSPS) is 17.3. The third kappa shape index (κ3) is 2.49. The van der Waals surface area contributed by atoms with E-state index >= 15 is 0 Å². The third-order valence-electron chi connectivity index (χ3n) is 2.57. The van der Waals surface area contributed by atoms with Gasteiger partial charge in [0.25, 0.3) is 0 Å². The van der Waals surface area contributed by atoms with E-state index < -0.39 is 6.10 Å². The van der Waals surface area contributed by atoms with Crippen LogP contribution in [-0.2, 0) is 0 Å². The second-order valence-corrected chi connectivity index (χ2v) is 4.08. The van der Waals surface area contributed by atoms with Gasteiger partial charge in [0.2, 0.25) is 0 Å². The number of benzene rings is 1.